The van der Waals surface area contributed by atoms with Gasteiger partial charge in [0.1, 0.15) is 11.6 Å². The van der Waals surface area contributed by atoms with Gasteiger partial charge in [0, 0.05) is 34.7 Å². The summed E-state index contributed by atoms with van der Waals surface area (Å²) in [5.74, 6) is 0.119. The molecule has 2 N–H and O–H groups in total. The fourth-order valence-corrected chi connectivity index (χ4v) is 3.96. The van der Waals surface area contributed by atoms with Crippen molar-refractivity contribution in [1.29, 1.82) is 5.26 Å². The molecule has 0 amide bonds. The van der Waals surface area contributed by atoms with E-state index in [1.807, 2.05) is 42.1 Å². The van der Waals surface area contributed by atoms with Crippen LogP contribution in [0.3, 0.4) is 0 Å². The first kappa shape index (κ1) is 15.9. The summed E-state index contributed by atoms with van der Waals surface area (Å²) in [6.07, 6.45) is 2.00. The van der Waals surface area contributed by atoms with Gasteiger partial charge in [-0.25, -0.2) is 0 Å². The summed E-state index contributed by atoms with van der Waals surface area (Å²) < 4.78 is 7.65. The van der Waals surface area contributed by atoms with E-state index in [9.17, 15) is 5.26 Å². The molecular formula is C19H13Cl2N3O. The van der Waals surface area contributed by atoms with Gasteiger partial charge in [-0.1, -0.05) is 41.4 Å². The monoisotopic (exact) mass is 369 g/mol. The molecule has 0 saturated heterocycles. The van der Waals surface area contributed by atoms with Crippen molar-refractivity contribution in [2.24, 2.45) is 12.8 Å². The fraction of sp³-hybridized carbons (Fsp3) is 0.105. The Morgan fingerprint density at radius 1 is 1.20 bits per heavy atom. The van der Waals surface area contributed by atoms with E-state index in [1.54, 1.807) is 12.1 Å². The first-order valence-corrected chi connectivity index (χ1v) is 8.37. The Morgan fingerprint density at radius 2 is 1.96 bits per heavy atom. The highest BCUT2D eigenvalue weighted by molar-refractivity contribution is 6.35. The summed E-state index contributed by atoms with van der Waals surface area (Å²) in [7, 11) is 1.97. The highest BCUT2D eigenvalue weighted by atomic mass is 35.5. The molecule has 25 heavy (non-hydrogen) atoms. The van der Waals surface area contributed by atoms with Gasteiger partial charge in [-0.15, -0.1) is 0 Å². The quantitative estimate of drug-likeness (QED) is 0.675. The van der Waals surface area contributed by atoms with Gasteiger partial charge in [-0.05, 0) is 23.8 Å². The summed E-state index contributed by atoms with van der Waals surface area (Å²) in [4.78, 5) is 0. The molecule has 1 aliphatic rings. The van der Waals surface area contributed by atoms with Crippen molar-refractivity contribution < 1.29 is 4.74 Å². The number of rotatable bonds is 1. The minimum absolute atomic E-state index is 0.0668. The van der Waals surface area contributed by atoms with E-state index in [0.717, 1.165) is 22.0 Å². The maximum Gasteiger partial charge on any atom is 0.205 e. The van der Waals surface area contributed by atoms with E-state index in [2.05, 4.69) is 6.07 Å². The molecule has 124 valence electrons. The lowest BCUT2D eigenvalue weighted by molar-refractivity contribution is 0.394. The highest BCUT2D eigenvalue weighted by Gasteiger charge is 2.34. The van der Waals surface area contributed by atoms with E-state index in [1.165, 1.54) is 0 Å². The first-order chi connectivity index (χ1) is 12.0. The van der Waals surface area contributed by atoms with Crippen molar-refractivity contribution in [3.8, 4) is 11.8 Å². The average Bonchev–Trinajstić information content (AvgIpc) is 2.91. The largest absolute Gasteiger partial charge is 0.439 e. The molecular weight excluding hydrogens is 357 g/mol. The predicted molar refractivity (Wildman–Crippen MR) is 98.7 cm³/mol. The summed E-state index contributed by atoms with van der Waals surface area (Å²) in [5, 5.41) is 11.6. The van der Waals surface area contributed by atoms with Gasteiger partial charge in [-0.2, -0.15) is 5.26 Å². The van der Waals surface area contributed by atoms with Gasteiger partial charge in [-0.3, -0.25) is 0 Å². The second-order valence-electron chi connectivity index (χ2n) is 5.94. The highest BCUT2D eigenvalue weighted by Crippen LogP contribution is 2.48. The number of aryl methyl sites for hydroxylation is 1. The van der Waals surface area contributed by atoms with Crippen LogP contribution in [-0.2, 0) is 7.05 Å². The number of hydrogen-bond acceptors (Lipinski definition) is 3. The van der Waals surface area contributed by atoms with Gasteiger partial charge < -0.3 is 15.0 Å². The Morgan fingerprint density at radius 3 is 2.72 bits per heavy atom. The minimum atomic E-state index is -0.393. The number of ether oxygens (including phenoxy) is 1. The number of halogens is 2. The Labute approximate surface area is 154 Å². The number of aromatic nitrogens is 1. The third-order valence-electron chi connectivity index (χ3n) is 4.47. The van der Waals surface area contributed by atoms with Crippen molar-refractivity contribution in [3.63, 3.8) is 0 Å². The van der Waals surface area contributed by atoms with Crippen molar-refractivity contribution in [2.75, 3.05) is 0 Å². The van der Waals surface area contributed by atoms with Crippen LogP contribution in [0.5, 0.6) is 5.75 Å². The summed E-state index contributed by atoms with van der Waals surface area (Å²) >= 11 is 12.5. The topological polar surface area (TPSA) is 64.0 Å². The van der Waals surface area contributed by atoms with Gasteiger partial charge in [0.2, 0.25) is 5.88 Å². The van der Waals surface area contributed by atoms with Crippen LogP contribution in [0.15, 0.2) is 54.1 Å². The third-order valence-corrected chi connectivity index (χ3v) is 4.97. The molecule has 1 aliphatic heterocycles. The maximum absolute atomic E-state index is 9.70. The van der Waals surface area contributed by atoms with Crippen LogP contribution in [0.1, 0.15) is 17.0 Å². The second-order valence-corrected chi connectivity index (χ2v) is 6.79. The molecule has 4 rings (SSSR count). The van der Waals surface area contributed by atoms with Crippen LogP contribution in [-0.4, -0.2) is 4.57 Å². The molecule has 6 heteroatoms. The Balaban J connectivity index is 2.07. The number of fused-ring (bicyclic) bond motifs is 2. The zero-order valence-corrected chi connectivity index (χ0v) is 14.8. The van der Waals surface area contributed by atoms with Gasteiger partial charge in [0.05, 0.1) is 10.9 Å². The smallest absolute Gasteiger partial charge is 0.205 e. The van der Waals surface area contributed by atoms with Gasteiger partial charge >= 0.3 is 0 Å². The van der Waals surface area contributed by atoms with Crippen LogP contribution in [0.2, 0.25) is 10.0 Å². The van der Waals surface area contributed by atoms with Crippen LogP contribution in [0.4, 0.5) is 0 Å². The lowest BCUT2D eigenvalue weighted by atomic mass is 9.83. The number of allylic oxidation sites excluding steroid dienone is 1. The normalized spacial score (nSPS) is 16.5. The molecule has 2 aromatic carbocycles. The lowest BCUT2D eigenvalue weighted by Gasteiger charge is -2.27. The molecule has 0 aliphatic carbocycles. The Kier molecular flexibility index (Phi) is 3.64. The molecule has 0 bridgehead atoms. The second kappa shape index (κ2) is 5.73. The third kappa shape index (κ3) is 2.36. The van der Waals surface area contributed by atoms with Crippen LogP contribution < -0.4 is 10.5 Å². The SMILES string of the molecule is Cn1cc(C2C(C#N)=C(N)Oc3c(Cl)cc(Cl)cc32)c2ccccc21. The molecule has 0 fully saturated rings. The van der Waals surface area contributed by atoms with E-state index in [4.69, 9.17) is 33.7 Å². The van der Waals surface area contributed by atoms with E-state index in [0.29, 0.717) is 21.4 Å². The lowest BCUT2D eigenvalue weighted by Crippen LogP contribution is -2.21. The van der Waals surface area contributed by atoms with Gasteiger partial charge in [0.15, 0.2) is 5.75 Å². The number of nitrogens with two attached hydrogens (primary N) is 1. The number of hydrogen-bond donors (Lipinski definition) is 1. The average molecular weight is 370 g/mol. The van der Waals surface area contributed by atoms with Crippen LogP contribution in [0.25, 0.3) is 10.9 Å². The molecule has 0 saturated carbocycles. The number of nitrogens with zero attached hydrogens (tertiary/aromatic N) is 2. The minimum Gasteiger partial charge on any atom is -0.439 e. The molecule has 4 nitrogen and oxygen atoms in total. The van der Waals surface area contributed by atoms with Crippen LogP contribution >= 0.6 is 23.2 Å². The predicted octanol–water partition coefficient (Wildman–Crippen LogP) is 4.70. The summed E-state index contributed by atoms with van der Waals surface area (Å²) in [6, 6.07) is 13.6. The molecule has 2 heterocycles. The number of benzene rings is 2. The van der Waals surface area contributed by atoms with Crippen molar-refractivity contribution in [2.45, 2.75) is 5.92 Å². The molecule has 0 spiro atoms. The maximum atomic E-state index is 9.70. The van der Waals surface area contributed by atoms with Crippen molar-refractivity contribution in [1.82, 2.24) is 4.57 Å². The summed E-state index contributed by atoms with van der Waals surface area (Å²) in [5.41, 5.74) is 9.13. The molecule has 0 radical (unpaired) electrons. The molecule has 1 unspecified atom stereocenters. The number of para-hydroxylation sites is 1. The van der Waals surface area contributed by atoms with E-state index in [-0.39, 0.29) is 5.88 Å². The standard InChI is InChI=1S/C19H13Cl2N3O/c1-24-9-14(11-4-2-3-5-16(11)24)17-12-6-10(20)7-15(21)18(12)25-19(23)13(17)8-22/h2-7,9,17H,23H2,1H3. The summed E-state index contributed by atoms with van der Waals surface area (Å²) in [6.45, 7) is 0. The van der Waals surface area contributed by atoms with E-state index < -0.39 is 5.92 Å². The van der Waals surface area contributed by atoms with Crippen molar-refractivity contribution in [3.05, 3.63) is 75.2 Å². The van der Waals surface area contributed by atoms with Crippen molar-refractivity contribution >= 4 is 34.1 Å². The van der Waals surface area contributed by atoms with E-state index >= 15 is 0 Å². The zero-order valence-electron chi connectivity index (χ0n) is 13.3. The zero-order chi connectivity index (χ0) is 17.7. The Hall–Kier alpha value is -2.61. The fourth-order valence-electron chi connectivity index (χ4n) is 3.41. The first-order valence-electron chi connectivity index (χ1n) is 7.61. The van der Waals surface area contributed by atoms with Crippen LogP contribution in [0, 0.1) is 11.3 Å². The molecule has 1 aromatic heterocycles. The Bertz CT molecular complexity index is 1090. The molecule has 3 aromatic rings. The van der Waals surface area contributed by atoms with Gasteiger partial charge in [0.25, 0.3) is 0 Å². The molecule has 1 atom stereocenters. The number of nitriles is 1.